The van der Waals surface area contributed by atoms with E-state index in [4.69, 9.17) is 11.1 Å². The van der Waals surface area contributed by atoms with E-state index in [0.29, 0.717) is 12.1 Å². The highest BCUT2D eigenvalue weighted by Gasteiger charge is 2.05. The van der Waals surface area contributed by atoms with Crippen LogP contribution in [0.1, 0.15) is 30.9 Å². The minimum Gasteiger partial charge on any atom is -0.398 e. The van der Waals surface area contributed by atoms with Crippen LogP contribution in [0.15, 0.2) is 18.2 Å². The van der Waals surface area contributed by atoms with Crippen molar-refractivity contribution in [1.82, 2.24) is 0 Å². The number of nitrogens with one attached hydrogen (secondary N) is 1. The Kier molecular flexibility index (Phi) is 4.31. The van der Waals surface area contributed by atoms with Crippen LogP contribution in [0.2, 0.25) is 0 Å². The predicted molar refractivity (Wildman–Crippen MR) is 63.4 cm³/mol. The lowest BCUT2D eigenvalue weighted by Crippen LogP contribution is -2.10. The van der Waals surface area contributed by atoms with E-state index in [9.17, 15) is 5.11 Å². The molecule has 0 aliphatic carbocycles. The summed E-state index contributed by atoms with van der Waals surface area (Å²) in [6.07, 6.45) is 3.37. The Morgan fingerprint density at radius 2 is 2.27 bits per heavy atom. The average Bonchev–Trinajstić information content (AvgIpc) is 2.21. The van der Waals surface area contributed by atoms with Gasteiger partial charge in [0, 0.05) is 17.5 Å². The third kappa shape index (κ3) is 3.36. The summed E-state index contributed by atoms with van der Waals surface area (Å²) < 4.78 is 0. The molecule has 0 radical (unpaired) electrons. The summed E-state index contributed by atoms with van der Waals surface area (Å²) in [4.78, 5) is 0. The van der Waals surface area contributed by atoms with Crippen LogP contribution in [0.4, 0.5) is 5.69 Å². The van der Waals surface area contributed by atoms with Gasteiger partial charge in [0.2, 0.25) is 0 Å². The molecule has 15 heavy (non-hydrogen) atoms. The predicted octanol–water partition coefficient (Wildman–Crippen LogP) is 1.97. The van der Waals surface area contributed by atoms with Crippen LogP contribution in [-0.4, -0.2) is 17.4 Å². The third-order valence-corrected chi connectivity index (χ3v) is 2.40. The van der Waals surface area contributed by atoms with Crippen molar-refractivity contribution in [2.24, 2.45) is 0 Å². The first kappa shape index (κ1) is 11.7. The van der Waals surface area contributed by atoms with Gasteiger partial charge in [-0.2, -0.15) is 0 Å². The van der Waals surface area contributed by atoms with Gasteiger partial charge in [0.15, 0.2) is 0 Å². The zero-order valence-corrected chi connectivity index (χ0v) is 9.03. The molecule has 1 aromatic rings. The number of hydrogen-bond donors (Lipinski definition) is 3. The molecule has 0 saturated heterocycles. The molecule has 0 fully saturated rings. The maximum absolute atomic E-state index is 9.65. The molecule has 0 spiro atoms. The first-order valence-electron chi connectivity index (χ1n) is 5.24. The van der Waals surface area contributed by atoms with E-state index >= 15 is 0 Å². The Hall–Kier alpha value is -1.35. The minimum absolute atomic E-state index is 0.294. The quantitative estimate of drug-likeness (QED) is 0.509. The highest BCUT2D eigenvalue weighted by Crippen LogP contribution is 2.14. The first-order valence-corrected chi connectivity index (χ1v) is 5.24. The topological polar surface area (TPSA) is 70.1 Å². The smallest absolute Gasteiger partial charge is 0.0580 e. The number of rotatable bonds is 5. The largest absolute Gasteiger partial charge is 0.398 e. The number of hydrogen-bond acceptors (Lipinski definition) is 3. The zero-order valence-electron chi connectivity index (χ0n) is 9.03. The summed E-state index contributed by atoms with van der Waals surface area (Å²) in [6.45, 7) is 2.05. The van der Waals surface area contributed by atoms with Crippen molar-refractivity contribution in [3.8, 4) is 0 Å². The van der Waals surface area contributed by atoms with Crippen molar-refractivity contribution in [3.63, 3.8) is 0 Å². The van der Waals surface area contributed by atoms with Crippen LogP contribution < -0.4 is 5.73 Å². The van der Waals surface area contributed by atoms with E-state index in [0.717, 1.165) is 24.0 Å². The fourth-order valence-electron chi connectivity index (χ4n) is 1.58. The number of aliphatic hydroxyl groups is 1. The summed E-state index contributed by atoms with van der Waals surface area (Å²) in [5.41, 5.74) is 8.04. The van der Waals surface area contributed by atoms with Crippen LogP contribution in [0.5, 0.6) is 0 Å². The van der Waals surface area contributed by atoms with Crippen molar-refractivity contribution in [2.75, 3.05) is 5.73 Å². The van der Waals surface area contributed by atoms with Gasteiger partial charge in [-0.15, -0.1) is 0 Å². The molecule has 0 bridgehead atoms. The number of nitrogens with two attached hydrogens (primary N) is 1. The SMILES string of the molecule is CCCC(O)Cc1ccc(N)c(C=N)c1. The highest BCUT2D eigenvalue weighted by molar-refractivity contribution is 5.85. The first-order chi connectivity index (χ1) is 7.17. The monoisotopic (exact) mass is 206 g/mol. The summed E-state index contributed by atoms with van der Waals surface area (Å²) in [5, 5.41) is 16.8. The molecule has 1 aromatic carbocycles. The molecular formula is C12H18N2O. The van der Waals surface area contributed by atoms with Gasteiger partial charge in [-0.1, -0.05) is 19.4 Å². The number of nitrogen functional groups attached to an aromatic ring is 1. The average molecular weight is 206 g/mol. The van der Waals surface area contributed by atoms with Gasteiger partial charge in [0.1, 0.15) is 0 Å². The molecule has 3 nitrogen and oxygen atoms in total. The second-order valence-corrected chi connectivity index (χ2v) is 3.75. The van der Waals surface area contributed by atoms with Gasteiger partial charge in [-0.25, -0.2) is 0 Å². The van der Waals surface area contributed by atoms with Gasteiger partial charge in [-0.05, 0) is 30.5 Å². The molecule has 0 saturated carbocycles. The summed E-state index contributed by atoms with van der Waals surface area (Å²) in [6, 6.07) is 5.55. The van der Waals surface area contributed by atoms with Gasteiger partial charge >= 0.3 is 0 Å². The Balaban J connectivity index is 2.73. The van der Waals surface area contributed by atoms with E-state index in [1.54, 1.807) is 6.07 Å². The molecule has 0 aromatic heterocycles. The molecule has 0 heterocycles. The Labute approximate surface area is 90.4 Å². The maximum Gasteiger partial charge on any atom is 0.0580 e. The fraction of sp³-hybridized carbons (Fsp3) is 0.417. The highest BCUT2D eigenvalue weighted by atomic mass is 16.3. The maximum atomic E-state index is 9.65. The van der Waals surface area contributed by atoms with Crippen molar-refractivity contribution in [2.45, 2.75) is 32.3 Å². The normalized spacial score (nSPS) is 12.4. The van der Waals surface area contributed by atoms with Crippen LogP contribution >= 0.6 is 0 Å². The van der Waals surface area contributed by atoms with Crippen LogP contribution in [0.25, 0.3) is 0 Å². The molecule has 1 unspecified atom stereocenters. The molecule has 0 aliphatic rings. The lowest BCUT2D eigenvalue weighted by Gasteiger charge is -2.10. The van der Waals surface area contributed by atoms with Crippen LogP contribution in [-0.2, 0) is 6.42 Å². The Morgan fingerprint density at radius 1 is 1.53 bits per heavy atom. The Bertz CT molecular complexity index is 336. The molecule has 3 heteroatoms. The van der Waals surface area contributed by atoms with Crippen LogP contribution in [0, 0.1) is 5.41 Å². The third-order valence-electron chi connectivity index (χ3n) is 2.40. The second-order valence-electron chi connectivity index (χ2n) is 3.75. The lowest BCUT2D eigenvalue weighted by molar-refractivity contribution is 0.164. The summed E-state index contributed by atoms with van der Waals surface area (Å²) in [5.74, 6) is 0. The van der Waals surface area contributed by atoms with Crippen molar-refractivity contribution >= 4 is 11.9 Å². The van der Waals surface area contributed by atoms with Crippen molar-refractivity contribution < 1.29 is 5.11 Å². The number of benzene rings is 1. The number of anilines is 1. The zero-order chi connectivity index (χ0) is 11.3. The summed E-state index contributed by atoms with van der Waals surface area (Å²) in [7, 11) is 0. The standard InChI is InChI=1S/C12H18N2O/c1-2-3-11(15)7-9-4-5-12(14)10(6-9)8-13/h4-6,8,11,13,15H,2-3,7,14H2,1H3. The summed E-state index contributed by atoms with van der Waals surface area (Å²) >= 11 is 0. The van der Waals surface area contributed by atoms with E-state index in [1.807, 2.05) is 12.1 Å². The van der Waals surface area contributed by atoms with E-state index < -0.39 is 0 Å². The second kappa shape index (κ2) is 5.51. The van der Waals surface area contributed by atoms with Gasteiger partial charge in [0.25, 0.3) is 0 Å². The van der Waals surface area contributed by atoms with E-state index in [-0.39, 0.29) is 6.10 Å². The van der Waals surface area contributed by atoms with Crippen molar-refractivity contribution in [1.29, 1.82) is 5.41 Å². The molecule has 0 amide bonds. The minimum atomic E-state index is -0.294. The molecule has 0 aliphatic heterocycles. The van der Waals surface area contributed by atoms with Crippen molar-refractivity contribution in [3.05, 3.63) is 29.3 Å². The van der Waals surface area contributed by atoms with E-state index in [1.165, 1.54) is 6.21 Å². The Morgan fingerprint density at radius 3 is 2.87 bits per heavy atom. The molecular weight excluding hydrogens is 188 g/mol. The molecule has 1 atom stereocenters. The number of aliphatic hydroxyl groups excluding tert-OH is 1. The van der Waals surface area contributed by atoms with Crippen LogP contribution in [0.3, 0.4) is 0 Å². The van der Waals surface area contributed by atoms with Gasteiger partial charge in [-0.3, -0.25) is 0 Å². The van der Waals surface area contributed by atoms with Gasteiger partial charge < -0.3 is 16.2 Å². The molecule has 1 rings (SSSR count). The molecule has 82 valence electrons. The lowest BCUT2D eigenvalue weighted by atomic mass is 10.0. The van der Waals surface area contributed by atoms with Gasteiger partial charge in [0.05, 0.1) is 6.10 Å². The van der Waals surface area contributed by atoms with E-state index in [2.05, 4.69) is 6.92 Å². The fourth-order valence-corrected chi connectivity index (χ4v) is 1.58. The molecule has 4 N–H and O–H groups in total.